The highest BCUT2D eigenvalue weighted by Crippen LogP contribution is 2.32. The Hall–Kier alpha value is -2.31. The van der Waals surface area contributed by atoms with E-state index in [0.717, 1.165) is 75.5 Å². The number of benzene rings is 1. The average molecular weight is 409 g/mol. The van der Waals surface area contributed by atoms with Crippen LogP contribution in [0.2, 0.25) is 0 Å². The maximum absolute atomic E-state index is 12.4. The van der Waals surface area contributed by atoms with E-state index in [9.17, 15) is 4.79 Å². The summed E-state index contributed by atoms with van der Waals surface area (Å²) in [7, 11) is 0. The predicted octanol–water partition coefficient (Wildman–Crippen LogP) is 3.58. The number of aryl methyl sites for hydroxylation is 1. The number of para-hydroxylation sites is 2. The van der Waals surface area contributed by atoms with E-state index in [2.05, 4.69) is 31.9 Å². The lowest BCUT2D eigenvalue weighted by Gasteiger charge is -2.37. The van der Waals surface area contributed by atoms with Crippen LogP contribution in [0.1, 0.15) is 48.2 Å². The molecule has 0 spiro atoms. The van der Waals surface area contributed by atoms with E-state index in [1.54, 1.807) is 0 Å². The molecule has 1 aromatic heterocycles. The van der Waals surface area contributed by atoms with Crippen LogP contribution in [-0.2, 0) is 13.0 Å². The minimum absolute atomic E-state index is 0.0403. The van der Waals surface area contributed by atoms with Gasteiger partial charge in [0.2, 0.25) is 6.35 Å². The van der Waals surface area contributed by atoms with E-state index in [0.29, 0.717) is 12.2 Å². The molecule has 3 aliphatic rings. The van der Waals surface area contributed by atoms with Crippen molar-refractivity contribution in [2.45, 2.75) is 51.4 Å². The van der Waals surface area contributed by atoms with Gasteiger partial charge < -0.3 is 19.5 Å². The van der Waals surface area contributed by atoms with E-state index >= 15 is 0 Å². The highest BCUT2D eigenvalue weighted by molar-refractivity contribution is 5.97. The fourth-order valence-corrected chi connectivity index (χ4v) is 4.96. The van der Waals surface area contributed by atoms with Crippen LogP contribution in [0.15, 0.2) is 36.5 Å². The average Bonchev–Trinajstić information content (AvgIpc) is 3.36. The van der Waals surface area contributed by atoms with Crippen molar-refractivity contribution in [1.82, 2.24) is 14.4 Å². The number of rotatable bonds is 5. The number of piperazine rings is 1. The van der Waals surface area contributed by atoms with E-state index in [1.807, 2.05) is 24.3 Å². The number of nitrogens with zero attached hydrogens (tertiary/aromatic N) is 3. The second kappa shape index (κ2) is 8.82. The van der Waals surface area contributed by atoms with Crippen molar-refractivity contribution in [1.29, 1.82) is 0 Å². The molecule has 1 unspecified atom stereocenters. The lowest BCUT2D eigenvalue weighted by atomic mass is 9.98. The van der Waals surface area contributed by atoms with Gasteiger partial charge in [0.05, 0.1) is 5.69 Å². The predicted molar refractivity (Wildman–Crippen MR) is 118 cm³/mol. The summed E-state index contributed by atoms with van der Waals surface area (Å²) in [5.74, 6) is 1.29. The number of fused-ring (bicyclic) bond motifs is 2. The van der Waals surface area contributed by atoms with Crippen molar-refractivity contribution in [3.8, 4) is 5.75 Å². The molecule has 0 bridgehead atoms. The first kappa shape index (κ1) is 19.6. The first-order valence-electron chi connectivity index (χ1n) is 11.5. The van der Waals surface area contributed by atoms with Gasteiger partial charge in [-0.2, -0.15) is 0 Å². The van der Waals surface area contributed by atoms with E-state index in [-0.39, 0.29) is 6.35 Å². The van der Waals surface area contributed by atoms with Crippen LogP contribution in [0.25, 0.3) is 0 Å². The number of ether oxygens (including phenoxy) is 1. The first-order chi connectivity index (χ1) is 14.8. The van der Waals surface area contributed by atoms with Crippen LogP contribution in [0.3, 0.4) is 0 Å². The van der Waals surface area contributed by atoms with Gasteiger partial charge in [-0.05, 0) is 50.4 Å². The molecule has 0 radical (unpaired) electrons. The number of ketones is 1. The van der Waals surface area contributed by atoms with Crippen LogP contribution in [0, 0.1) is 0 Å². The topological polar surface area (TPSA) is 49.7 Å². The molecule has 0 amide bonds. The van der Waals surface area contributed by atoms with Gasteiger partial charge in [-0.3, -0.25) is 4.79 Å². The SMILES string of the molecule is O=C1CCCCCc2c1ccn2CCCN1CCN(C2Nc3ccccc3O2)CC1. The summed E-state index contributed by atoms with van der Waals surface area (Å²) in [6.07, 6.45) is 8.39. The van der Waals surface area contributed by atoms with Gasteiger partial charge in [-0.15, -0.1) is 0 Å². The van der Waals surface area contributed by atoms with Gasteiger partial charge in [0.1, 0.15) is 5.75 Å². The van der Waals surface area contributed by atoms with E-state index in [4.69, 9.17) is 4.74 Å². The van der Waals surface area contributed by atoms with Crippen molar-refractivity contribution >= 4 is 11.5 Å². The monoisotopic (exact) mass is 408 g/mol. The molecular weight excluding hydrogens is 376 g/mol. The standard InChI is InChI=1S/C24H32N4O2/c29-22-9-3-1-2-8-21-19(22)11-14-27(21)13-6-12-26-15-17-28(18-16-26)24-25-20-7-4-5-10-23(20)30-24/h4-5,7,10-11,14,24-25H,1-3,6,8-9,12-13,15-18H2. The molecule has 1 aliphatic carbocycles. The Morgan fingerprint density at radius 3 is 2.67 bits per heavy atom. The minimum Gasteiger partial charge on any atom is -0.455 e. The van der Waals surface area contributed by atoms with Gasteiger partial charge in [0.25, 0.3) is 0 Å². The molecule has 3 heterocycles. The summed E-state index contributed by atoms with van der Waals surface area (Å²) < 4.78 is 8.39. The van der Waals surface area contributed by atoms with Crippen molar-refractivity contribution in [2.24, 2.45) is 0 Å². The molecule has 5 rings (SSSR count). The van der Waals surface area contributed by atoms with Gasteiger partial charge >= 0.3 is 0 Å². The van der Waals surface area contributed by atoms with Gasteiger partial charge in [0, 0.05) is 56.6 Å². The summed E-state index contributed by atoms with van der Waals surface area (Å²) in [5, 5.41) is 3.48. The molecule has 160 valence electrons. The maximum atomic E-state index is 12.4. The third-order valence-corrected chi connectivity index (χ3v) is 6.71. The van der Waals surface area contributed by atoms with Crippen molar-refractivity contribution in [2.75, 3.05) is 38.0 Å². The lowest BCUT2D eigenvalue weighted by molar-refractivity contribution is 0.0181. The molecule has 1 atom stereocenters. The minimum atomic E-state index is -0.0403. The summed E-state index contributed by atoms with van der Waals surface area (Å²) in [4.78, 5) is 17.3. The van der Waals surface area contributed by atoms with E-state index < -0.39 is 0 Å². The highest BCUT2D eigenvalue weighted by Gasteiger charge is 2.29. The molecule has 6 nitrogen and oxygen atoms in total. The number of carbonyl (C=O) groups is 1. The largest absolute Gasteiger partial charge is 0.455 e. The van der Waals surface area contributed by atoms with Crippen molar-refractivity contribution in [3.05, 3.63) is 47.8 Å². The second-order valence-electron chi connectivity index (χ2n) is 8.70. The fraction of sp³-hybridized carbons (Fsp3) is 0.542. The first-order valence-corrected chi connectivity index (χ1v) is 11.5. The Kier molecular flexibility index (Phi) is 5.77. The zero-order chi connectivity index (χ0) is 20.3. The molecule has 1 fully saturated rings. The van der Waals surface area contributed by atoms with Crippen LogP contribution < -0.4 is 10.1 Å². The summed E-state index contributed by atoms with van der Waals surface area (Å²) in [6, 6.07) is 10.2. The quantitative estimate of drug-likeness (QED) is 0.820. The number of carbonyl (C=O) groups excluding carboxylic acids is 1. The summed E-state index contributed by atoms with van der Waals surface area (Å²) in [6.45, 7) is 6.28. The zero-order valence-electron chi connectivity index (χ0n) is 17.7. The number of hydrogen-bond acceptors (Lipinski definition) is 5. The van der Waals surface area contributed by atoms with Gasteiger partial charge in [-0.25, -0.2) is 4.90 Å². The molecule has 1 aromatic carbocycles. The molecule has 6 heteroatoms. The van der Waals surface area contributed by atoms with E-state index in [1.165, 1.54) is 18.5 Å². The van der Waals surface area contributed by atoms with Crippen LogP contribution in [0.5, 0.6) is 5.75 Å². The van der Waals surface area contributed by atoms with Crippen molar-refractivity contribution in [3.63, 3.8) is 0 Å². The number of Topliss-reactive ketones (excluding diaryl/α,β-unsaturated/α-hetero) is 1. The van der Waals surface area contributed by atoms with Crippen LogP contribution in [-0.4, -0.2) is 59.2 Å². The number of aromatic nitrogens is 1. The number of hydrogen-bond donors (Lipinski definition) is 1. The summed E-state index contributed by atoms with van der Waals surface area (Å²) >= 11 is 0. The van der Waals surface area contributed by atoms with Crippen LogP contribution in [0.4, 0.5) is 5.69 Å². The molecule has 1 N–H and O–H groups in total. The Bertz CT molecular complexity index is 860. The highest BCUT2D eigenvalue weighted by atomic mass is 16.5. The van der Waals surface area contributed by atoms with Crippen molar-refractivity contribution < 1.29 is 9.53 Å². The smallest absolute Gasteiger partial charge is 0.230 e. The van der Waals surface area contributed by atoms with Crippen LogP contribution >= 0.6 is 0 Å². The summed E-state index contributed by atoms with van der Waals surface area (Å²) in [5.41, 5.74) is 3.34. The van der Waals surface area contributed by atoms with Gasteiger partial charge in [0.15, 0.2) is 5.78 Å². The molecule has 1 saturated heterocycles. The Morgan fingerprint density at radius 1 is 0.967 bits per heavy atom. The molecule has 2 aliphatic heterocycles. The molecule has 2 aromatic rings. The Morgan fingerprint density at radius 2 is 1.80 bits per heavy atom. The molecule has 30 heavy (non-hydrogen) atoms. The van der Waals surface area contributed by atoms with Gasteiger partial charge in [-0.1, -0.05) is 18.6 Å². The fourth-order valence-electron chi connectivity index (χ4n) is 4.96. The Labute approximate surface area is 178 Å². The Balaban J connectivity index is 1.08. The normalized spacial score (nSPS) is 22.5. The number of anilines is 1. The lowest BCUT2D eigenvalue weighted by Crippen LogP contribution is -2.53. The third-order valence-electron chi connectivity index (χ3n) is 6.71. The molecular formula is C24H32N4O2. The second-order valence-corrected chi connectivity index (χ2v) is 8.70. The number of nitrogens with one attached hydrogen (secondary N) is 1. The molecule has 0 saturated carbocycles. The third kappa shape index (κ3) is 4.12. The zero-order valence-corrected chi connectivity index (χ0v) is 17.7. The maximum Gasteiger partial charge on any atom is 0.230 e.